The Morgan fingerprint density at radius 1 is 1.55 bits per heavy atom. The zero-order valence-electron chi connectivity index (χ0n) is 12.5. The van der Waals surface area contributed by atoms with Crippen LogP contribution in [0.25, 0.3) is 4.96 Å². The first-order chi connectivity index (χ1) is 9.72. The molecule has 0 amide bonds. The van der Waals surface area contributed by atoms with Crippen molar-refractivity contribution in [2.24, 2.45) is 5.73 Å². The standard InChI is InChI=1S/C14H24N4OS/c1-4-11(2)17(7-9-19-3)13-12(5-6-15)18-8-10-20-14(18)16-13/h8,10-11H,4-7,9,15H2,1-3H3. The third-order valence-electron chi connectivity index (χ3n) is 3.65. The summed E-state index contributed by atoms with van der Waals surface area (Å²) in [5.41, 5.74) is 6.98. The number of hydrogen-bond acceptors (Lipinski definition) is 5. The van der Waals surface area contributed by atoms with E-state index in [1.54, 1.807) is 18.4 Å². The lowest BCUT2D eigenvalue weighted by Gasteiger charge is -2.29. The fourth-order valence-electron chi connectivity index (χ4n) is 2.37. The molecule has 20 heavy (non-hydrogen) atoms. The van der Waals surface area contributed by atoms with Crippen molar-refractivity contribution >= 4 is 22.1 Å². The van der Waals surface area contributed by atoms with Crippen LogP contribution in [0.4, 0.5) is 5.82 Å². The minimum absolute atomic E-state index is 0.436. The molecule has 2 N–H and O–H groups in total. The number of aromatic nitrogens is 2. The molecule has 0 aliphatic heterocycles. The Morgan fingerprint density at radius 3 is 3.00 bits per heavy atom. The van der Waals surface area contributed by atoms with E-state index in [4.69, 9.17) is 15.5 Å². The Labute approximate surface area is 124 Å². The Kier molecular flexibility index (Phi) is 5.39. The van der Waals surface area contributed by atoms with Gasteiger partial charge in [0.25, 0.3) is 0 Å². The summed E-state index contributed by atoms with van der Waals surface area (Å²) >= 11 is 1.66. The molecule has 0 saturated heterocycles. The normalized spacial score (nSPS) is 13.0. The predicted molar refractivity (Wildman–Crippen MR) is 84.8 cm³/mol. The van der Waals surface area contributed by atoms with Crippen LogP contribution in [0.5, 0.6) is 0 Å². The molecule has 0 fully saturated rings. The highest BCUT2D eigenvalue weighted by atomic mass is 32.1. The molecular weight excluding hydrogens is 272 g/mol. The highest BCUT2D eigenvalue weighted by Gasteiger charge is 2.21. The second-order valence-electron chi connectivity index (χ2n) is 4.92. The van der Waals surface area contributed by atoms with Gasteiger partial charge < -0.3 is 15.4 Å². The molecule has 0 aliphatic carbocycles. The average molecular weight is 296 g/mol. The Morgan fingerprint density at radius 2 is 2.35 bits per heavy atom. The molecule has 112 valence electrons. The van der Waals surface area contributed by atoms with Gasteiger partial charge >= 0.3 is 0 Å². The number of anilines is 1. The first kappa shape index (κ1) is 15.3. The Bertz CT molecular complexity index is 536. The summed E-state index contributed by atoms with van der Waals surface area (Å²) in [5.74, 6) is 1.06. The largest absolute Gasteiger partial charge is 0.383 e. The molecule has 0 aliphatic rings. The maximum Gasteiger partial charge on any atom is 0.195 e. The van der Waals surface area contributed by atoms with Gasteiger partial charge in [-0.2, -0.15) is 0 Å². The van der Waals surface area contributed by atoms with Crippen LogP contribution >= 0.6 is 11.3 Å². The minimum atomic E-state index is 0.436. The number of thiazole rings is 1. The molecule has 0 saturated carbocycles. The number of fused-ring (bicyclic) bond motifs is 1. The van der Waals surface area contributed by atoms with Crippen molar-refractivity contribution in [2.75, 3.05) is 31.7 Å². The molecule has 2 heterocycles. The van der Waals surface area contributed by atoms with Crippen molar-refractivity contribution in [2.45, 2.75) is 32.7 Å². The van der Waals surface area contributed by atoms with Gasteiger partial charge in [-0.15, -0.1) is 11.3 Å². The van der Waals surface area contributed by atoms with Gasteiger partial charge in [-0.25, -0.2) is 4.98 Å². The van der Waals surface area contributed by atoms with Crippen LogP contribution in [-0.2, 0) is 11.2 Å². The molecule has 0 aromatic carbocycles. The molecule has 0 spiro atoms. The topological polar surface area (TPSA) is 55.8 Å². The third-order valence-corrected chi connectivity index (χ3v) is 4.41. The molecule has 5 nitrogen and oxygen atoms in total. The quantitative estimate of drug-likeness (QED) is 0.811. The van der Waals surface area contributed by atoms with Gasteiger partial charge in [-0.3, -0.25) is 4.40 Å². The minimum Gasteiger partial charge on any atom is -0.383 e. The van der Waals surface area contributed by atoms with E-state index >= 15 is 0 Å². The van der Waals surface area contributed by atoms with Crippen LogP contribution in [-0.4, -0.2) is 42.2 Å². The van der Waals surface area contributed by atoms with Gasteiger partial charge in [0.05, 0.1) is 12.3 Å². The lowest BCUT2D eigenvalue weighted by Crippen LogP contribution is -2.36. The van der Waals surface area contributed by atoms with E-state index in [2.05, 4.69) is 34.7 Å². The third kappa shape index (κ3) is 2.97. The summed E-state index contributed by atoms with van der Waals surface area (Å²) in [7, 11) is 1.74. The number of imidazole rings is 1. The summed E-state index contributed by atoms with van der Waals surface area (Å²) < 4.78 is 7.41. The van der Waals surface area contributed by atoms with Gasteiger partial charge in [-0.05, 0) is 19.9 Å². The van der Waals surface area contributed by atoms with Crippen LogP contribution < -0.4 is 10.6 Å². The zero-order chi connectivity index (χ0) is 14.5. The molecular formula is C14H24N4OS. The highest BCUT2D eigenvalue weighted by Crippen LogP contribution is 2.27. The SMILES string of the molecule is CCC(C)N(CCOC)c1nc2sccn2c1CCN. The molecule has 0 bridgehead atoms. The van der Waals surface area contributed by atoms with E-state index in [9.17, 15) is 0 Å². The van der Waals surface area contributed by atoms with E-state index < -0.39 is 0 Å². The van der Waals surface area contributed by atoms with Crippen molar-refractivity contribution in [1.82, 2.24) is 9.38 Å². The van der Waals surface area contributed by atoms with Gasteiger partial charge in [0.1, 0.15) is 0 Å². The van der Waals surface area contributed by atoms with E-state index in [0.29, 0.717) is 19.2 Å². The number of ether oxygens (including phenoxy) is 1. The zero-order valence-corrected chi connectivity index (χ0v) is 13.3. The number of methoxy groups -OCH3 is 1. The first-order valence-electron chi connectivity index (χ1n) is 7.13. The number of hydrogen-bond donors (Lipinski definition) is 1. The lowest BCUT2D eigenvalue weighted by atomic mass is 10.2. The predicted octanol–water partition coefficient (Wildman–Crippen LogP) is 2.15. The molecule has 2 aromatic heterocycles. The van der Waals surface area contributed by atoms with Crippen molar-refractivity contribution < 1.29 is 4.74 Å². The van der Waals surface area contributed by atoms with E-state index in [1.807, 2.05) is 0 Å². The molecule has 1 unspecified atom stereocenters. The maximum absolute atomic E-state index is 5.78. The highest BCUT2D eigenvalue weighted by molar-refractivity contribution is 7.15. The van der Waals surface area contributed by atoms with E-state index in [1.165, 1.54) is 5.69 Å². The Balaban J connectivity index is 2.39. The number of nitrogens with two attached hydrogens (primary N) is 1. The monoisotopic (exact) mass is 296 g/mol. The van der Waals surface area contributed by atoms with Crippen LogP contribution in [0, 0.1) is 0 Å². The Hall–Kier alpha value is -1.11. The van der Waals surface area contributed by atoms with E-state index in [0.717, 1.165) is 30.2 Å². The molecule has 1 atom stereocenters. The smallest absolute Gasteiger partial charge is 0.195 e. The van der Waals surface area contributed by atoms with Crippen molar-refractivity contribution in [1.29, 1.82) is 0 Å². The van der Waals surface area contributed by atoms with Gasteiger partial charge in [0, 0.05) is 37.7 Å². The van der Waals surface area contributed by atoms with E-state index in [-0.39, 0.29) is 0 Å². The summed E-state index contributed by atoms with van der Waals surface area (Å²) in [6, 6.07) is 0.436. The fraction of sp³-hybridized carbons (Fsp3) is 0.643. The number of nitrogens with zero attached hydrogens (tertiary/aromatic N) is 3. The van der Waals surface area contributed by atoms with Crippen LogP contribution in [0.3, 0.4) is 0 Å². The maximum atomic E-state index is 5.78. The summed E-state index contributed by atoms with van der Waals surface area (Å²) in [6.45, 7) is 6.63. The number of rotatable bonds is 8. The van der Waals surface area contributed by atoms with Crippen LogP contribution in [0.15, 0.2) is 11.6 Å². The second-order valence-corrected chi connectivity index (χ2v) is 5.79. The molecule has 2 aromatic rings. The fourth-order valence-corrected chi connectivity index (χ4v) is 3.09. The summed E-state index contributed by atoms with van der Waals surface area (Å²) in [4.78, 5) is 8.19. The summed E-state index contributed by atoms with van der Waals surface area (Å²) in [5, 5.41) is 2.06. The van der Waals surface area contributed by atoms with Crippen molar-refractivity contribution in [3.8, 4) is 0 Å². The second kappa shape index (κ2) is 7.06. The van der Waals surface area contributed by atoms with Crippen LogP contribution in [0.2, 0.25) is 0 Å². The van der Waals surface area contributed by atoms with Crippen molar-refractivity contribution in [3.63, 3.8) is 0 Å². The summed E-state index contributed by atoms with van der Waals surface area (Å²) in [6.07, 6.45) is 4.00. The van der Waals surface area contributed by atoms with Gasteiger partial charge in [0.15, 0.2) is 10.8 Å². The lowest BCUT2D eigenvalue weighted by molar-refractivity contribution is 0.203. The molecule has 2 rings (SSSR count). The molecule has 0 radical (unpaired) electrons. The molecule has 6 heteroatoms. The van der Waals surface area contributed by atoms with Gasteiger partial charge in [0.2, 0.25) is 0 Å². The van der Waals surface area contributed by atoms with Crippen molar-refractivity contribution in [3.05, 3.63) is 17.3 Å². The van der Waals surface area contributed by atoms with Gasteiger partial charge in [-0.1, -0.05) is 6.92 Å². The first-order valence-corrected chi connectivity index (χ1v) is 8.00. The van der Waals surface area contributed by atoms with Crippen LogP contribution in [0.1, 0.15) is 26.0 Å². The average Bonchev–Trinajstić information content (AvgIpc) is 3.02.